The van der Waals surface area contributed by atoms with Gasteiger partial charge in [0.1, 0.15) is 11.2 Å². The third-order valence-electron chi connectivity index (χ3n) is 5.05. The fourth-order valence-electron chi connectivity index (χ4n) is 3.24. The number of carbonyl (C=O) groups excluding carboxylic acids is 1. The molecule has 0 aliphatic heterocycles. The van der Waals surface area contributed by atoms with Gasteiger partial charge in [0.15, 0.2) is 18.4 Å². The molecule has 0 aromatic carbocycles. The summed E-state index contributed by atoms with van der Waals surface area (Å²) in [6, 6.07) is 0. The summed E-state index contributed by atoms with van der Waals surface area (Å²) in [5.41, 5.74) is 0.644. The molecule has 0 amide bonds. The first-order valence-corrected chi connectivity index (χ1v) is 9.89. The van der Waals surface area contributed by atoms with Crippen molar-refractivity contribution in [2.45, 2.75) is 79.2 Å². The predicted octanol–water partition coefficient (Wildman–Crippen LogP) is 4.89. The van der Waals surface area contributed by atoms with E-state index < -0.39 is 17.5 Å². The largest absolute Gasteiger partial charge is 0.353 e. The molecule has 0 aromatic rings. The number of rotatable bonds is 11. The van der Waals surface area contributed by atoms with Crippen molar-refractivity contribution in [1.29, 1.82) is 0 Å². The summed E-state index contributed by atoms with van der Waals surface area (Å²) in [6.07, 6.45) is 6.34. The Morgan fingerprint density at radius 2 is 1.71 bits per heavy atom. The van der Waals surface area contributed by atoms with Crippen LogP contribution in [0.25, 0.3) is 0 Å². The Bertz CT molecular complexity index is 660. The minimum absolute atomic E-state index is 0.000566. The van der Waals surface area contributed by atoms with Gasteiger partial charge in [0.05, 0.1) is 0 Å². The van der Waals surface area contributed by atoms with E-state index in [1.165, 1.54) is 0 Å². The molecule has 0 fully saturated rings. The zero-order valence-electron chi connectivity index (χ0n) is 18.6. The third kappa shape index (κ3) is 5.74. The molecule has 0 heterocycles. The average molecular weight is 393 g/mol. The Kier molecular flexibility index (Phi) is 9.02. The summed E-state index contributed by atoms with van der Waals surface area (Å²) >= 11 is 0. The molecule has 4 atom stereocenters. The number of ketones is 1. The lowest BCUT2D eigenvalue weighted by molar-refractivity contribution is -0.168. The highest BCUT2D eigenvalue weighted by Crippen LogP contribution is 2.39. The van der Waals surface area contributed by atoms with Crippen molar-refractivity contribution in [1.82, 2.24) is 0 Å². The molecule has 0 N–H and O–H groups in total. The van der Waals surface area contributed by atoms with Crippen LogP contribution in [0.2, 0.25) is 0 Å². The Hall–Kier alpha value is -1.53. The van der Waals surface area contributed by atoms with E-state index in [0.717, 1.165) is 11.1 Å². The first kappa shape index (κ1) is 24.5. The quantitative estimate of drug-likeness (QED) is 0.370. The van der Waals surface area contributed by atoms with E-state index in [4.69, 9.17) is 18.9 Å². The Balaban J connectivity index is 3.37. The zero-order chi connectivity index (χ0) is 21.5. The van der Waals surface area contributed by atoms with Gasteiger partial charge < -0.3 is 18.9 Å². The van der Waals surface area contributed by atoms with Crippen LogP contribution in [0, 0.1) is 0 Å². The normalized spacial score (nSPS) is 24.9. The van der Waals surface area contributed by atoms with Crippen LogP contribution in [-0.2, 0) is 23.7 Å². The van der Waals surface area contributed by atoms with Gasteiger partial charge in [0.25, 0.3) is 0 Å². The topological polar surface area (TPSA) is 54.0 Å². The maximum absolute atomic E-state index is 12.3. The Morgan fingerprint density at radius 1 is 1.14 bits per heavy atom. The molecule has 5 heteroatoms. The molecule has 5 nitrogen and oxygen atoms in total. The van der Waals surface area contributed by atoms with E-state index >= 15 is 0 Å². The lowest BCUT2D eigenvalue weighted by atomic mass is 9.78. The molecule has 0 saturated carbocycles. The molecule has 1 aliphatic carbocycles. The Labute approximate surface area is 170 Å². The zero-order valence-corrected chi connectivity index (χ0v) is 18.6. The summed E-state index contributed by atoms with van der Waals surface area (Å²) in [6.45, 7) is 20.1. The van der Waals surface area contributed by atoms with Crippen LogP contribution in [-0.4, -0.2) is 42.8 Å². The van der Waals surface area contributed by atoms with Crippen molar-refractivity contribution in [3.8, 4) is 0 Å². The van der Waals surface area contributed by atoms with E-state index in [0.29, 0.717) is 18.8 Å². The first-order valence-electron chi connectivity index (χ1n) is 9.89. The molecular weight excluding hydrogens is 356 g/mol. The molecule has 4 unspecified atom stereocenters. The maximum atomic E-state index is 12.3. The molecule has 1 rings (SSSR count). The highest BCUT2D eigenvalue weighted by atomic mass is 16.7. The van der Waals surface area contributed by atoms with Crippen LogP contribution in [0.15, 0.2) is 47.6 Å². The minimum Gasteiger partial charge on any atom is -0.353 e. The molecule has 1 aliphatic rings. The van der Waals surface area contributed by atoms with Crippen molar-refractivity contribution in [3.05, 3.63) is 47.6 Å². The Morgan fingerprint density at radius 3 is 2.25 bits per heavy atom. The highest BCUT2D eigenvalue weighted by Gasteiger charge is 2.40. The molecule has 0 spiro atoms. The van der Waals surface area contributed by atoms with Crippen LogP contribution in [0.5, 0.6) is 0 Å². The fourth-order valence-corrected chi connectivity index (χ4v) is 3.24. The smallest absolute Gasteiger partial charge is 0.181 e. The first-order chi connectivity index (χ1) is 13.0. The van der Waals surface area contributed by atoms with Crippen molar-refractivity contribution in [2.24, 2.45) is 0 Å². The van der Waals surface area contributed by atoms with Gasteiger partial charge in [-0.05, 0) is 90.3 Å². The molecule has 0 bridgehead atoms. The number of hydrogen-bond donors (Lipinski definition) is 0. The number of hydrogen-bond acceptors (Lipinski definition) is 5. The van der Waals surface area contributed by atoms with Gasteiger partial charge in [-0.25, -0.2) is 0 Å². The van der Waals surface area contributed by atoms with Crippen molar-refractivity contribution < 1.29 is 23.7 Å². The van der Waals surface area contributed by atoms with Crippen LogP contribution < -0.4 is 0 Å². The lowest BCUT2D eigenvalue weighted by Gasteiger charge is -2.39. The van der Waals surface area contributed by atoms with Crippen molar-refractivity contribution in [2.75, 3.05) is 13.2 Å². The molecular formula is C23H36O5. The van der Waals surface area contributed by atoms with Crippen LogP contribution in [0.1, 0.15) is 55.4 Å². The van der Waals surface area contributed by atoms with Crippen molar-refractivity contribution >= 4 is 5.78 Å². The van der Waals surface area contributed by atoms with E-state index in [1.54, 1.807) is 12.2 Å². The number of ether oxygens (including phenoxy) is 4. The summed E-state index contributed by atoms with van der Waals surface area (Å²) < 4.78 is 23.5. The standard InChI is InChI=1S/C23H36O5/c1-10-22(9,27-19(7)25-11-2)13-14-23(28-20(8)26-12-3)16(4)15-21(24)17(5)18(23)6/h10,13-15,19-20H,1,11-12H2,2-9H3/b14-13+. The summed E-state index contributed by atoms with van der Waals surface area (Å²) in [7, 11) is 0. The van der Waals surface area contributed by atoms with Gasteiger partial charge in [-0.15, -0.1) is 0 Å². The summed E-state index contributed by atoms with van der Waals surface area (Å²) in [5, 5.41) is 0. The van der Waals surface area contributed by atoms with Crippen LogP contribution in [0.4, 0.5) is 0 Å². The van der Waals surface area contributed by atoms with Crippen LogP contribution >= 0.6 is 0 Å². The van der Waals surface area contributed by atoms with Gasteiger partial charge in [-0.2, -0.15) is 0 Å². The lowest BCUT2D eigenvalue weighted by Crippen LogP contribution is -2.42. The average Bonchev–Trinajstić information content (AvgIpc) is 2.63. The second kappa shape index (κ2) is 10.3. The molecule has 0 aromatic heterocycles. The minimum atomic E-state index is -0.894. The molecule has 28 heavy (non-hydrogen) atoms. The SMILES string of the molecule is C=CC(C)(/C=C/C1(OC(C)OCC)C(C)=CC(=O)C(C)=C1C)OC(C)OCC. The fraction of sp³-hybridized carbons (Fsp3) is 0.609. The third-order valence-corrected chi connectivity index (χ3v) is 5.05. The summed E-state index contributed by atoms with van der Waals surface area (Å²) in [4.78, 5) is 12.3. The monoisotopic (exact) mass is 392 g/mol. The maximum Gasteiger partial charge on any atom is 0.181 e. The molecule has 0 radical (unpaired) electrons. The number of allylic oxidation sites excluding steroid dienone is 2. The van der Waals surface area contributed by atoms with Crippen LogP contribution in [0.3, 0.4) is 0 Å². The molecule has 0 saturated heterocycles. The van der Waals surface area contributed by atoms with E-state index in [9.17, 15) is 4.79 Å². The van der Waals surface area contributed by atoms with Gasteiger partial charge >= 0.3 is 0 Å². The van der Waals surface area contributed by atoms with Gasteiger partial charge in [0.2, 0.25) is 0 Å². The number of carbonyl (C=O) groups is 1. The second-order valence-electron chi connectivity index (χ2n) is 7.18. The molecule has 158 valence electrons. The summed E-state index contributed by atoms with van der Waals surface area (Å²) in [5.74, 6) is -0.000566. The highest BCUT2D eigenvalue weighted by molar-refractivity contribution is 6.06. The van der Waals surface area contributed by atoms with Gasteiger partial charge in [-0.3, -0.25) is 4.79 Å². The van der Waals surface area contributed by atoms with E-state index in [1.807, 2.05) is 67.5 Å². The van der Waals surface area contributed by atoms with E-state index in [-0.39, 0.29) is 12.1 Å². The second-order valence-corrected chi connectivity index (χ2v) is 7.18. The predicted molar refractivity (Wildman–Crippen MR) is 112 cm³/mol. The van der Waals surface area contributed by atoms with E-state index in [2.05, 4.69) is 6.58 Å². The van der Waals surface area contributed by atoms with Gasteiger partial charge in [0, 0.05) is 13.2 Å². The van der Waals surface area contributed by atoms with Crippen molar-refractivity contribution in [3.63, 3.8) is 0 Å². The van der Waals surface area contributed by atoms with Gasteiger partial charge in [-0.1, -0.05) is 12.7 Å².